The number of aliphatic carboxylic acids is 1. The maximum absolute atomic E-state index is 10.2. The fourth-order valence-corrected chi connectivity index (χ4v) is 1.27. The lowest BCUT2D eigenvalue weighted by Gasteiger charge is -1.98. The molecule has 0 spiro atoms. The van der Waals surface area contributed by atoms with E-state index in [1.807, 2.05) is 6.08 Å². The quantitative estimate of drug-likeness (QED) is 0.363. The minimum Gasteiger partial charge on any atom is -0.481 e. The van der Waals surface area contributed by atoms with Crippen LogP contribution >= 0.6 is 0 Å². The number of carboxylic acids is 1. The van der Waals surface area contributed by atoms with Crippen LogP contribution in [0.25, 0.3) is 0 Å². The minimum absolute atomic E-state index is 0. The summed E-state index contributed by atoms with van der Waals surface area (Å²) < 4.78 is 0. The highest BCUT2D eigenvalue weighted by Crippen LogP contribution is 2.08. The number of unbranched alkanes of at least 4 members (excludes halogenated alkanes) is 6. The van der Waals surface area contributed by atoms with Crippen LogP contribution in [0.5, 0.6) is 0 Å². The van der Waals surface area contributed by atoms with Gasteiger partial charge in [-0.05, 0) is 19.3 Å². The number of hydrogen-bond acceptors (Lipinski definition) is 1. The summed E-state index contributed by atoms with van der Waals surface area (Å²) in [5.74, 6) is -0.674. The second-order valence-electron chi connectivity index (χ2n) is 3.34. The zero-order valence-corrected chi connectivity index (χ0v) is 8.30. The van der Waals surface area contributed by atoms with Crippen molar-refractivity contribution < 1.29 is 9.90 Å². The monoisotopic (exact) mass is 214 g/mol. The number of hydrogen-bond donors (Lipinski definition) is 1. The molecule has 0 aromatic rings. The molecule has 0 radical (unpaired) electrons. The number of rotatable bonds is 9. The summed E-state index contributed by atoms with van der Waals surface area (Å²) in [6.07, 6.45) is 10.1. The predicted molar refractivity (Wildman–Crippen MR) is 64.7 cm³/mol. The largest absolute Gasteiger partial charge is 0.481 e. The summed E-state index contributed by atoms with van der Waals surface area (Å²) in [6, 6.07) is 0. The zero-order valence-electron chi connectivity index (χ0n) is 8.30. The number of carboxylic acid groups (broad SMARTS) is 1. The molecule has 1 N–H and O–H groups in total. The third kappa shape index (κ3) is 14.3. The van der Waals surface area contributed by atoms with Gasteiger partial charge in [-0.1, -0.05) is 31.8 Å². The van der Waals surface area contributed by atoms with Gasteiger partial charge in [-0.2, -0.15) is 0 Å². The van der Waals surface area contributed by atoms with Crippen molar-refractivity contribution in [1.82, 2.24) is 0 Å². The van der Waals surface area contributed by atoms with E-state index in [2.05, 4.69) is 6.58 Å². The van der Waals surface area contributed by atoms with E-state index in [0.717, 1.165) is 19.3 Å². The molecule has 0 fully saturated rings. The topological polar surface area (TPSA) is 37.3 Å². The second-order valence-corrected chi connectivity index (χ2v) is 3.34. The van der Waals surface area contributed by atoms with E-state index in [1.54, 1.807) is 0 Å². The molecule has 0 aliphatic carbocycles. The van der Waals surface area contributed by atoms with Crippen LogP contribution < -0.4 is 0 Å². The van der Waals surface area contributed by atoms with Gasteiger partial charge in [0.05, 0.1) is 0 Å². The third-order valence-electron chi connectivity index (χ3n) is 2.05. The van der Waals surface area contributed by atoms with Crippen molar-refractivity contribution >= 4 is 23.3 Å². The molecule has 0 aromatic heterocycles. The van der Waals surface area contributed by atoms with E-state index in [1.165, 1.54) is 25.7 Å². The smallest absolute Gasteiger partial charge is 0.303 e. The molecule has 0 atom stereocenters. The Morgan fingerprint density at radius 2 is 1.57 bits per heavy atom. The summed E-state index contributed by atoms with van der Waals surface area (Å²) in [5, 5.41) is 8.38. The van der Waals surface area contributed by atoms with Gasteiger partial charge in [-0.25, -0.2) is 0 Å². The van der Waals surface area contributed by atoms with Gasteiger partial charge in [0, 0.05) is 6.42 Å². The molecule has 0 aliphatic heterocycles. The summed E-state index contributed by atoms with van der Waals surface area (Å²) in [5.41, 5.74) is 0. The van der Waals surface area contributed by atoms with Gasteiger partial charge < -0.3 is 5.11 Å². The van der Waals surface area contributed by atoms with Crippen molar-refractivity contribution in [2.45, 2.75) is 51.4 Å². The molecule has 0 aromatic carbocycles. The van der Waals surface area contributed by atoms with E-state index in [9.17, 15) is 4.79 Å². The molecule has 0 bridgehead atoms. The van der Waals surface area contributed by atoms with E-state index < -0.39 is 5.97 Å². The molecule has 2 nitrogen and oxygen atoms in total. The van der Waals surface area contributed by atoms with Gasteiger partial charge >= 0.3 is 5.97 Å². The standard InChI is InChI=1S/C11H20O2.Al.3H/c1-2-3-4-5-6-7-8-9-10-11(12)13;;;;/h2H,1,3-10H2,(H,12,13);;;;. The number of carbonyl (C=O) groups is 1. The van der Waals surface area contributed by atoms with Crippen molar-refractivity contribution in [1.29, 1.82) is 0 Å². The fraction of sp³-hybridized carbons (Fsp3) is 0.727. The molecular formula is C11H23AlO2. The predicted octanol–water partition coefficient (Wildman–Crippen LogP) is 2.19. The maximum atomic E-state index is 10.2. The molecular weight excluding hydrogens is 191 g/mol. The Morgan fingerprint density at radius 1 is 1.07 bits per heavy atom. The average molecular weight is 214 g/mol. The van der Waals surface area contributed by atoms with Crippen LogP contribution in [0.4, 0.5) is 0 Å². The van der Waals surface area contributed by atoms with Crippen molar-refractivity contribution in [2.24, 2.45) is 0 Å². The average Bonchev–Trinajstić information content (AvgIpc) is 2.09. The lowest BCUT2D eigenvalue weighted by Crippen LogP contribution is -1.93. The van der Waals surface area contributed by atoms with Crippen LogP contribution in [0.3, 0.4) is 0 Å². The first-order chi connectivity index (χ1) is 6.27. The molecule has 0 saturated carbocycles. The molecule has 0 aliphatic rings. The number of allylic oxidation sites excluding steroid dienone is 1. The first-order valence-corrected chi connectivity index (χ1v) is 5.10. The Morgan fingerprint density at radius 3 is 2.07 bits per heavy atom. The molecule has 3 heteroatoms. The molecule has 0 unspecified atom stereocenters. The first-order valence-electron chi connectivity index (χ1n) is 5.10. The molecule has 0 rings (SSSR count). The highest BCUT2D eigenvalue weighted by molar-refractivity contribution is 5.75. The van der Waals surface area contributed by atoms with Crippen molar-refractivity contribution in [2.75, 3.05) is 0 Å². The third-order valence-corrected chi connectivity index (χ3v) is 2.05. The van der Waals surface area contributed by atoms with Gasteiger partial charge in [-0.15, -0.1) is 6.58 Å². The highest BCUT2D eigenvalue weighted by Gasteiger charge is 1.95. The van der Waals surface area contributed by atoms with Gasteiger partial charge in [0.2, 0.25) is 0 Å². The SMILES string of the molecule is C=CCCCCCCCCC(=O)O.[AlH3]. The van der Waals surface area contributed by atoms with E-state index >= 15 is 0 Å². The Hall–Kier alpha value is -0.258. The van der Waals surface area contributed by atoms with Crippen LogP contribution in [-0.4, -0.2) is 28.4 Å². The lowest BCUT2D eigenvalue weighted by atomic mass is 10.1. The summed E-state index contributed by atoms with van der Waals surface area (Å²) >= 11 is 0. The van der Waals surface area contributed by atoms with E-state index in [4.69, 9.17) is 5.11 Å². The normalized spacial score (nSPS) is 9.14. The summed E-state index contributed by atoms with van der Waals surface area (Å²) in [6.45, 7) is 3.66. The van der Waals surface area contributed by atoms with Crippen molar-refractivity contribution in [3.05, 3.63) is 12.7 Å². The van der Waals surface area contributed by atoms with Gasteiger partial charge in [-0.3, -0.25) is 4.79 Å². The zero-order chi connectivity index (χ0) is 9.94. The Balaban J connectivity index is 0. The van der Waals surface area contributed by atoms with Gasteiger partial charge in [0.15, 0.2) is 17.4 Å². The second kappa shape index (κ2) is 12.7. The van der Waals surface area contributed by atoms with Crippen LogP contribution in [0.2, 0.25) is 0 Å². The van der Waals surface area contributed by atoms with Crippen LogP contribution in [0.1, 0.15) is 51.4 Å². The summed E-state index contributed by atoms with van der Waals surface area (Å²) in [4.78, 5) is 10.2. The maximum Gasteiger partial charge on any atom is 0.303 e. The lowest BCUT2D eigenvalue weighted by molar-refractivity contribution is -0.137. The highest BCUT2D eigenvalue weighted by atomic mass is 27.0. The van der Waals surface area contributed by atoms with Crippen LogP contribution in [0.15, 0.2) is 12.7 Å². The van der Waals surface area contributed by atoms with Crippen LogP contribution in [0, 0.1) is 0 Å². The van der Waals surface area contributed by atoms with Gasteiger partial charge in [0.25, 0.3) is 0 Å². The van der Waals surface area contributed by atoms with E-state index in [-0.39, 0.29) is 17.4 Å². The van der Waals surface area contributed by atoms with Crippen molar-refractivity contribution in [3.8, 4) is 0 Å². The Labute approximate surface area is 97.5 Å². The Kier molecular flexibility index (Phi) is 14.7. The van der Waals surface area contributed by atoms with Gasteiger partial charge in [0.1, 0.15) is 0 Å². The fourth-order valence-electron chi connectivity index (χ4n) is 1.27. The minimum atomic E-state index is -0.674. The molecule has 82 valence electrons. The molecule has 14 heavy (non-hydrogen) atoms. The molecule has 0 saturated heterocycles. The van der Waals surface area contributed by atoms with Crippen LogP contribution in [-0.2, 0) is 4.79 Å². The summed E-state index contributed by atoms with van der Waals surface area (Å²) in [7, 11) is 0. The van der Waals surface area contributed by atoms with Crippen molar-refractivity contribution in [3.63, 3.8) is 0 Å². The first kappa shape index (κ1) is 16.2. The van der Waals surface area contributed by atoms with E-state index in [0.29, 0.717) is 6.42 Å². The molecule has 0 heterocycles. The molecule has 0 amide bonds. The Bertz CT molecular complexity index is 146.